The number of rotatable bonds is 3. The van der Waals surface area contributed by atoms with Gasteiger partial charge in [0.2, 0.25) is 5.91 Å². The van der Waals surface area contributed by atoms with E-state index in [4.69, 9.17) is 4.74 Å². The normalized spacial score (nSPS) is 21.6. The van der Waals surface area contributed by atoms with Crippen LogP contribution < -0.4 is 0 Å². The number of halogens is 3. The Balaban J connectivity index is 1.95. The van der Waals surface area contributed by atoms with Crippen molar-refractivity contribution in [3.63, 3.8) is 0 Å². The smallest absolute Gasteiger partial charge is 0.353 e. The molecule has 1 spiro atoms. The topological polar surface area (TPSA) is 49.9 Å². The summed E-state index contributed by atoms with van der Waals surface area (Å²) in [6.07, 6.45) is -0.460. The highest BCUT2D eigenvalue weighted by Gasteiger charge is 2.53. The second-order valence-corrected chi connectivity index (χ2v) is 8.13. The monoisotopic (exact) mass is 412 g/mol. The van der Waals surface area contributed by atoms with Crippen molar-refractivity contribution in [1.29, 1.82) is 0 Å². The summed E-state index contributed by atoms with van der Waals surface area (Å²) in [4.78, 5) is 29.5. The molecule has 2 amide bonds. The van der Waals surface area contributed by atoms with Crippen molar-refractivity contribution in [1.82, 2.24) is 9.80 Å². The fraction of sp³-hybridized carbons (Fsp3) is 0.619. The van der Waals surface area contributed by atoms with Gasteiger partial charge in [-0.3, -0.25) is 14.5 Å². The molecule has 0 radical (unpaired) electrons. The Hall–Kier alpha value is -2.09. The first kappa shape index (κ1) is 21.6. The number of benzene rings is 1. The number of amides is 2. The summed E-state index contributed by atoms with van der Waals surface area (Å²) in [5.41, 5.74) is -1.55. The van der Waals surface area contributed by atoms with E-state index in [1.165, 1.54) is 17.0 Å². The van der Waals surface area contributed by atoms with Crippen LogP contribution in [0.25, 0.3) is 0 Å². The molecular formula is C21H27F3N2O3. The van der Waals surface area contributed by atoms with Gasteiger partial charge < -0.3 is 9.64 Å². The Morgan fingerprint density at radius 1 is 1.14 bits per heavy atom. The summed E-state index contributed by atoms with van der Waals surface area (Å²) >= 11 is 0. The fourth-order valence-electron chi connectivity index (χ4n) is 4.09. The number of carbonyl (C=O) groups is 2. The molecule has 2 fully saturated rings. The minimum atomic E-state index is -4.47. The summed E-state index contributed by atoms with van der Waals surface area (Å²) in [7, 11) is 1.68. The van der Waals surface area contributed by atoms with Crippen molar-refractivity contribution in [2.24, 2.45) is 0 Å². The second-order valence-electron chi connectivity index (χ2n) is 8.13. The molecule has 0 aromatic heterocycles. The van der Waals surface area contributed by atoms with Gasteiger partial charge in [-0.1, -0.05) is 6.42 Å². The highest BCUT2D eigenvalue weighted by molar-refractivity contribution is 5.98. The zero-order valence-corrected chi connectivity index (χ0v) is 17.0. The van der Waals surface area contributed by atoms with Gasteiger partial charge in [0.05, 0.1) is 12.2 Å². The summed E-state index contributed by atoms with van der Waals surface area (Å²) in [6, 6.07) is 3.31. The van der Waals surface area contributed by atoms with Crippen molar-refractivity contribution in [2.45, 2.75) is 69.9 Å². The summed E-state index contributed by atoms with van der Waals surface area (Å²) < 4.78 is 44.7. The molecule has 0 N–H and O–H groups in total. The van der Waals surface area contributed by atoms with Gasteiger partial charge in [0.1, 0.15) is 11.8 Å². The van der Waals surface area contributed by atoms with Crippen LogP contribution in [0.5, 0.6) is 0 Å². The van der Waals surface area contributed by atoms with Crippen molar-refractivity contribution >= 4 is 11.8 Å². The minimum absolute atomic E-state index is 0.0478. The third-order valence-electron chi connectivity index (χ3n) is 5.98. The van der Waals surface area contributed by atoms with Gasteiger partial charge in [-0.05, 0) is 63.8 Å². The lowest BCUT2D eigenvalue weighted by Gasteiger charge is -2.42. The van der Waals surface area contributed by atoms with Crippen LogP contribution in [0.3, 0.4) is 0 Å². The van der Waals surface area contributed by atoms with Gasteiger partial charge in [0, 0.05) is 18.7 Å². The van der Waals surface area contributed by atoms with Gasteiger partial charge in [-0.2, -0.15) is 13.2 Å². The average molecular weight is 412 g/mol. The zero-order valence-electron chi connectivity index (χ0n) is 17.0. The Morgan fingerprint density at radius 3 is 2.24 bits per heavy atom. The van der Waals surface area contributed by atoms with Gasteiger partial charge in [-0.15, -0.1) is 0 Å². The molecule has 1 unspecified atom stereocenters. The van der Waals surface area contributed by atoms with E-state index in [9.17, 15) is 22.8 Å². The lowest BCUT2D eigenvalue weighted by Crippen LogP contribution is -2.57. The van der Waals surface area contributed by atoms with Gasteiger partial charge in [-0.25, -0.2) is 0 Å². The molecule has 8 heteroatoms. The second kappa shape index (κ2) is 7.97. The molecule has 160 valence electrons. The molecule has 2 aliphatic rings. The van der Waals surface area contributed by atoms with E-state index >= 15 is 0 Å². The standard InChI is InChI=1S/C21H27F3N2O3/c1-14(2)25(3)19(28)17-13-29-20(11-5-4-6-12-20)26(17)18(27)15-7-9-16(10-8-15)21(22,23)24/h7-10,14,17H,4-6,11-13H2,1-3H3. The first-order chi connectivity index (χ1) is 13.6. The van der Waals surface area contributed by atoms with Crippen molar-refractivity contribution in [2.75, 3.05) is 13.7 Å². The van der Waals surface area contributed by atoms with E-state index < -0.39 is 29.4 Å². The van der Waals surface area contributed by atoms with E-state index in [-0.39, 0.29) is 24.1 Å². The van der Waals surface area contributed by atoms with Gasteiger partial charge in [0.15, 0.2) is 0 Å². The number of alkyl halides is 3. The molecule has 3 rings (SSSR count). The van der Waals surface area contributed by atoms with Crippen LogP contribution in [0.15, 0.2) is 24.3 Å². The highest BCUT2D eigenvalue weighted by atomic mass is 19.4. The average Bonchev–Trinajstić information content (AvgIpc) is 3.04. The minimum Gasteiger partial charge on any atom is -0.353 e. The van der Waals surface area contributed by atoms with Gasteiger partial charge >= 0.3 is 6.18 Å². The molecule has 1 aromatic rings. The maximum atomic E-state index is 13.4. The summed E-state index contributed by atoms with van der Waals surface area (Å²) in [6.45, 7) is 3.86. The number of hydrogen-bond donors (Lipinski definition) is 0. The van der Waals surface area contributed by atoms with Crippen molar-refractivity contribution < 1.29 is 27.5 Å². The zero-order chi connectivity index (χ0) is 21.4. The fourth-order valence-corrected chi connectivity index (χ4v) is 4.09. The summed E-state index contributed by atoms with van der Waals surface area (Å²) in [5, 5.41) is 0. The molecule has 0 bridgehead atoms. The van der Waals surface area contributed by atoms with E-state index in [1.54, 1.807) is 11.9 Å². The maximum Gasteiger partial charge on any atom is 0.416 e. The largest absolute Gasteiger partial charge is 0.416 e. The van der Waals surface area contributed by atoms with Crippen molar-refractivity contribution in [3.8, 4) is 0 Å². The van der Waals surface area contributed by atoms with Crippen LogP contribution in [-0.2, 0) is 15.7 Å². The van der Waals surface area contributed by atoms with E-state index in [1.807, 2.05) is 13.8 Å². The molecular weight excluding hydrogens is 385 g/mol. The Labute approximate surface area is 168 Å². The number of carbonyl (C=O) groups excluding carboxylic acids is 2. The lowest BCUT2D eigenvalue weighted by molar-refractivity contribution is -0.138. The predicted octanol–water partition coefficient (Wildman–Crippen LogP) is 4.07. The van der Waals surface area contributed by atoms with Crippen LogP contribution in [0.4, 0.5) is 13.2 Å². The Bertz CT molecular complexity index is 755. The van der Waals surface area contributed by atoms with Crippen molar-refractivity contribution in [3.05, 3.63) is 35.4 Å². The molecule has 1 atom stereocenters. The first-order valence-electron chi connectivity index (χ1n) is 9.98. The SMILES string of the molecule is CC(C)N(C)C(=O)C1COC2(CCCCC2)N1C(=O)c1ccc(C(F)(F)F)cc1. The Morgan fingerprint density at radius 2 is 1.72 bits per heavy atom. The van der Waals surface area contributed by atoms with Crippen LogP contribution >= 0.6 is 0 Å². The molecule has 1 aliphatic carbocycles. The van der Waals surface area contributed by atoms with E-state index in [2.05, 4.69) is 0 Å². The molecule has 1 saturated carbocycles. The lowest BCUT2D eigenvalue weighted by atomic mass is 9.89. The highest BCUT2D eigenvalue weighted by Crippen LogP contribution is 2.42. The maximum absolute atomic E-state index is 13.4. The number of nitrogens with zero attached hydrogens (tertiary/aromatic N) is 2. The molecule has 29 heavy (non-hydrogen) atoms. The van der Waals surface area contributed by atoms with Crippen LogP contribution in [0.2, 0.25) is 0 Å². The molecule has 1 aromatic carbocycles. The third kappa shape index (κ3) is 4.13. The molecule has 1 saturated heterocycles. The number of hydrogen-bond acceptors (Lipinski definition) is 3. The third-order valence-corrected chi connectivity index (χ3v) is 5.98. The molecule has 5 nitrogen and oxygen atoms in total. The van der Waals surface area contributed by atoms with Crippen LogP contribution in [0, 0.1) is 0 Å². The predicted molar refractivity (Wildman–Crippen MR) is 101 cm³/mol. The Kier molecular flexibility index (Phi) is 5.94. The van der Waals surface area contributed by atoms with E-state index in [0.717, 1.165) is 31.4 Å². The van der Waals surface area contributed by atoms with Crippen LogP contribution in [0.1, 0.15) is 61.9 Å². The number of ether oxygens (including phenoxy) is 1. The first-order valence-corrected chi connectivity index (χ1v) is 9.98. The van der Waals surface area contributed by atoms with Gasteiger partial charge in [0.25, 0.3) is 5.91 Å². The summed E-state index contributed by atoms with van der Waals surface area (Å²) in [5.74, 6) is -0.684. The number of likely N-dealkylation sites (N-methyl/N-ethyl adjacent to an activating group) is 1. The van der Waals surface area contributed by atoms with Crippen LogP contribution in [-0.4, -0.2) is 53.1 Å². The molecule has 1 heterocycles. The quantitative estimate of drug-likeness (QED) is 0.752. The van der Waals surface area contributed by atoms with E-state index in [0.29, 0.717) is 12.8 Å². The molecule has 1 aliphatic heterocycles.